The maximum absolute atomic E-state index is 5.62. The molecule has 1 unspecified atom stereocenters. The molecule has 0 aliphatic carbocycles. The topological polar surface area (TPSA) is 32.5 Å². The summed E-state index contributed by atoms with van der Waals surface area (Å²) in [6.07, 6.45) is 3.69. The molecule has 18 heavy (non-hydrogen) atoms. The molecule has 1 fully saturated rings. The maximum Gasteiger partial charge on any atom is 0.0367 e. The predicted octanol–water partition coefficient (Wildman–Crippen LogP) is 2.46. The summed E-state index contributed by atoms with van der Waals surface area (Å²) in [6.45, 7) is 5.39. The van der Waals surface area contributed by atoms with Crippen LogP contribution in [-0.2, 0) is 0 Å². The van der Waals surface area contributed by atoms with Gasteiger partial charge in [-0.2, -0.15) is 0 Å². The molecule has 100 valence electrons. The molecule has 0 radical (unpaired) electrons. The second-order valence-electron chi connectivity index (χ2n) is 5.25. The van der Waals surface area contributed by atoms with Crippen LogP contribution in [0.5, 0.6) is 0 Å². The van der Waals surface area contributed by atoms with Crippen molar-refractivity contribution >= 4 is 11.4 Å². The van der Waals surface area contributed by atoms with Gasteiger partial charge in [0.25, 0.3) is 0 Å². The van der Waals surface area contributed by atoms with Gasteiger partial charge in [0.15, 0.2) is 0 Å². The van der Waals surface area contributed by atoms with E-state index in [0.717, 1.165) is 13.0 Å². The molecule has 1 heterocycles. The number of rotatable bonds is 5. The molecule has 0 spiro atoms. The minimum absolute atomic E-state index is 0.493. The number of hydrogen-bond acceptors (Lipinski definition) is 3. The van der Waals surface area contributed by atoms with E-state index in [-0.39, 0.29) is 0 Å². The van der Waals surface area contributed by atoms with Crippen LogP contribution < -0.4 is 15.5 Å². The maximum atomic E-state index is 5.62. The van der Waals surface area contributed by atoms with Crippen LogP contribution in [0, 0.1) is 0 Å². The van der Waals surface area contributed by atoms with Crippen LogP contribution in [0.2, 0.25) is 0 Å². The van der Waals surface area contributed by atoms with Crippen molar-refractivity contribution in [1.29, 1.82) is 0 Å². The van der Waals surface area contributed by atoms with E-state index in [2.05, 4.69) is 48.0 Å². The van der Waals surface area contributed by atoms with Gasteiger partial charge in [0.1, 0.15) is 0 Å². The SMILES string of the molecule is CC(CCN)N(C)c1ccc(N2CCCC2)cc1. The summed E-state index contributed by atoms with van der Waals surface area (Å²) in [7, 11) is 2.14. The number of nitrogens with zero attached hydrogens (tertiary/aromatic N) is 2. The number of nitrogens with two attached hydrogens (primary N) is 1. The first-order valence-electron chi connectivity index (χ1n) is 7.00. The minimum atomic E-state index is 0.493. The summed E-state index contributed by atoms with van der Waals surface area (Å²) < 4.78 is 0. The lowest BCUT2D eigenvalue weighted by Crippen LogP contribution is -2.30. The fourth-order valence-electron chi connectivity index (χ4n) is 2.56. The third kappa shape index (κ3) is 2.96. The molecule has 0 bridgehead atoms. The van der Waals surface area contributed by atoms with Crippen molar-refractivity contribution < 1.29 is 0 Å². The Morgan fingerprint density at radius 1 is 1.22 bits per heavy atom. The normalized spacial score (nSPS) is 16.9. The zero-order chi connectivity index (χ0) is 13.0. The number of benzene rings is 1. The van der Waals surface area contributed by atoms with Gasteiger partial charge >= 0.3 is 0 Å². The highest BCUT2D eigenvalue weighted by molar-refractivity contribution is 5.56. The van der Waals surface area contributed by atoms with E-state index >= 15 is 0 Å². The molecule has 3 nitrogen and oxygen atoms in total. The van der Waals surface area contributed by atoms with Crippen LogP contribution in [0.4, 0.5) is 11.4 Å². The van der Waals surface area contributed by atoms with E-state index in [4.69, 9.17) is 5.73 Å². The minimum Gasteiger partial charge on any atom is -0.372 e. The fourth-order valence-corrected chi connectivity index (χ4v) is 2.56. The average Bonchev–Trinajstić information content (AvgIpc) is 2.92. The first-order valence-corrected chi connectivity index (χ1v) is 7.00. The van der Waals surface area contributed by atoms with Crippen molar-refractivity contribution in [3.05, 3.63) is 24.3 Å². The van der Waals surface area contributed by atoms with Crippen LogP contribution in [-0.4, -0.2) is 32.7 Å². The van der Waals surface area contributed by atoms with Crippen molar-refractivity contribution in [2.24, 2.45) is 5.73 Å². The zero-order valence-electron chi connectivity index (χ0n) is 11.6. The molecular weight excluding hydrogens is 222 g/mol. The molecule has 1 aromatic rings. The highest BCUT2D eigenvalue weighted by Gasteiger charge is 2.13. The van der Waals surface area contributed by atoms with Crippen LogP contribution in [0.15, 0.2) is 24.3 Å². The Balaban J connectivity index is 2.02. The first kappa shape index (κ1) is 13.2. The molecule has 3 heteroatoms. The summed E-state index contributed by atoms with van der Waals surface area (Å²) in [6, 6.07) is 9.42. The van der Waals surface area contributed by atoms with Crippen LogP contribution >= 0.6 is 0 Å². The molecule has 1 aliphatic rings. The third-order valence-corrected chi connectivity index (χ3v) is 3.97. The molecule has 1 aliphatic heterocycles. The molecule has 0 amide bonds. The van der Waals surface area contributed by atoms with Crippen molar-refractivity contribution in [3.8, 4) is 0 Å². The number of anilines is 2. The molecule has 2 rings (SSSR count). The number of hydrogen-bond donors (Lipinski definition) is 1. The Morgan fingerprint density at radius 2 is 1.83 bits per heavy atom. The van der Waals surface area contributed by atoms with Gasteiger partial charge in [-0.25, -0.2) is 0 Å². The lowest BCUT2D eigenvalue weighted by molar-refractivity contribution is 0.635. The fraction of sp³-hybridized carbons (Fsp3) is 0.600. The van der Waals surface area contributed by atoms with Crippen molar-refractivity contribution in [2.75, 3.05) is 36.5 Å². The highest BCUT2D eigenvalue weighted by Crippen LogP contribution is 2.24. The summed E-state index contributed by atoms with van der Waals surface area (Å²) in [4.78, 5) is 4.77. The smallest absolute Gasteiger partial charge is 0.0367 e. The lowest BCUT2D eigenvalue weighted by Gasteiger charge is -2.27. The van der Waals surface area contributed by atoms with Gasteiger partial charge < -0.3 is 15.5 Å². The molecule has 1 saturated heterocycles. The molecule has 1 atom stereocenters. The second kappa shape index (κ2) is 6.10. The Morgan fingerprint density at radius 3 is 2.39 bits per heavy atom. The van der Waals surface area contributed by atoms with E-state index < -0.39 is 0 Å². The van der Waals surface area contributed by atoms with E-state index in [0.29, 0.717) is 6.04 Å². The second-order valence-corrected chi connectivity index (χ2v) is 5.25. The Labute approximate surface area is 111 Å². The summed E-state index contributed by atoms with van der Waals surface area (Å²) >= 11 is 0. The Bertz CT molecular complexity index is 355. The predicted molar refractivity (Wildman–Crippen MR) is 79.4 cm³/mol. The lowest BCUT2D eigenvalue weighted by atomic mass is 10.1. The molecule has 0 aromatic heterocycles. The van der Waals surface area contributed by atoms with Gasteiger partial charge in [-0.1, -0.05) is 0 Å². The third-order valence-electron chi connectivity index (χ3n) is 3.97. The van der Waals surface area contributed by atoms with Gasteiger partial charge in [0.05, 0.1) is 0 Å². The van der Waals surface area contributed by atoms with Crippen molar-refractivity contribution in [3.63, 3.8) is 0 Å². The van der Waals surface area contributed by atoms with Gasteiger partial charge in [-0.05, 0) is 57.0 Å². The summed E-state index contributed by atoms with van der Waals surface area (Å²) in [5.74, 6) is 0. The van der Waals surface area contributed by atoms with E-state index in [1.165, 1.54) is 37.3 Å². The quantitative estimate of drug-likeness (QED) is 0.867. The van der Waals surface area contributed by atoms with Crippen LogP contribution in [0.1, 0.15) is 26.2 Å². The van der Waals surface area contributed by atoms with E-state index in [9.17, 15) is 0 Å². The molecule has 0 saturated carbocycles. The van der Waals surface area contributed by atoms with Gasteiger partial charge in [0.2, 0.25) is 0 Å². The van der Waals surface area contributed by atoms with Gasteiger partial charge in [-0.15, -0.1) is 0 Å². The monoisotopic (exact) mass is 247 g/mol. The molecular formula is C15H25N3. The van der Waals surface area contributed by atoms with Crippen LogP contribution in [0.3, 0.4) is 0 Å². The zero-order valence-corrected chi connectivity index (χ0v) is 11.6. The Hall–Kier alpha value is -1.22. The van der Waals surface area contributed by atoms with Gasteiger partial charge in [0, 0.05) is 37.6 Å². The molecule has 2 N–H and O–H groups in total. The largest absolute Gasteiger partial charge is 0.372 e. The first-order chi connectivity index (χ1) is 8.72. The van der Waals surface area contributed by atoms with E-state index in [1.807, 2.05) is 0 Å². The summed E-state index contributed by atoms with van der Waals surface area (Å²) in [5.41, 5.74) is 8.25. The van der Waals surface area contributed by atoms with Crippen LogP contribution in [0.25, 0.3) is 0 Å². The standard InChI is InChI=1S/C15H25N3/c1-13(9-10-16)17(2)14-5-7-15(8-6-14)18-11-3-4-12-18/h5-8,13H,3-4,9-12,16H2,1-2H3. The Kier molecular flexibility index (Phi) is 4.48. The van der Waals surface area contributed by atoms with Crippen molar-refractivity contribution in [2.45, 2.75) is 32.2 Å². The van der Waals surface area contributed by atoms with Crippen molar-refractivity contribution in [1.82, 2.24) is 0 Å². The molecule has 1 aromatic carbocycles. The highest BCUT2D eigenvalue weighted by atomic mass is 15.1. The summed E-state index contributed by atoms with van der Waals surface area (Å²) in [5, 5.41) is 0. The van der Waals surface area contributed by atoms with E-state index in [1.54, 1.807) is 0 Å². The van der Waals surface area contributed by atoms with Gasteiger partial charge in [-0.3, -0.25) is 0 Å². The average molecular weight is 247 g/mol.